The Kier molecular flexibility index (Phi) is 2.93. The van der Waals surface area contributed by atoms with E-state index in [9.17, 15) is 4.79 Å². The van der Waals surface area contributed by atoms with E-state index in [2.05, 4.69) is 21.0 Å². The second-order valence-corrected chi connectivity index (χ2v) is 5.29. The van der Waals surface area contributed by atoms with E-state index in [4.69, 9.17) is 14.6 Å². The molecule has 0 radical (unpaired) electrons. The summed E-state index contributed by atoms with van der Waals surface area (Å²) >= 11 is 3.44. The van der Waals surface area contributed by atoms with E-state index in [-0.39, 0.29) is 12.5 Å². The number of ether oxygens (including phenoxy) is 2. The van der Waals surface area contributed by atoms with Crippen molar-refractivity contribution in [2.24, 2.45) is 7.05 Å². The Morgan fingerprint density at radius 2 is 2.10 bits per heavy atom. The van der Waals surface area contributed by atoms with Gasteiger partial charge in [-0.3, -0.25) is 4.68 Å². The fraction of sp³-hybridized carbons (Fsp3) is 0.231. The number of carboxylic acids is 1. The molecule has 0 atom stereocenters. The molecule has 0 bridgehead atoms. The van der Waals surface area contributed by atoms with Crippen molar-refractivity contribution in [1.29, 1.82) is 0 Å². The largest absolute Gasteiger partial charge is 0.476 e. The Bertz CT molecular complexity index is 724. The van der Waals surface area contributed by atoms with Gasteiger partial charge in [0.15, 0.2) is 17.2 Å². The summed E-state index contributed by atoms with van der Waals surface area (Å²) in [4.78, 5) is 11.0. The maximum atomic E-state index is 11.0. The van der Waals surface area contributed by atoms with Gasteiger partial charge in [0, 0.05) is 18.2 Å². The molecule has 1 aliphatic rings. The molecular formula is C13H11BrN2O4. The number of aromatic carboxylic acids is 1. The summed E-state index contributed by atoms with van der Waals surface area (Å²) < 4.78 is 13.2. The molecule has 0 saturated carbocycles. The fourth-order valence-electron chi connectivity index (χ4n) is 2.25. The van der Waals surface area contributed by atoms with Gasteiger partial charge < -0.3 is 14.6 Å². The van der Waals surface area contributed by atoms with Gasteiger partial charge in [0.2, 0.25) is 6.79 Å². The summed E-state index contributed by atoms with van der Waals surface area (Å²) in [5, 5.41) is 13.0. The van der Waals surface area contributed by atoms with Gasteiger partial charge in [-0.15, -0.1) is 0 Å². The number of aromatic nitrogens is 2. The average Bonchev–Trinajstić information content (AvgIpc) is 3.00. The van der Waals surface area contributed by atoms with Gasteiger partial charge >= 0.3 is 5.97 Å². The van der Waals surface area contributed by atoms with Gasteiger partial charge in [-0.2, -0.15) is 5.10 Å². The number of hydrogen-bond donors (Lipinski definition) is 1. The summed E-state index contributed by atoms with van der Waals surface area (Å²) in [6.45, 7) is 2.09. The number of aryl methyl sites for hydroxylation is 1. The predicted molar refractivity (Wildman–Crippen MR) is 74.2 cm³/mol. The van der Waals surface area contributed by atoms with Crippen molar-refractivity contribution in [3.8, 4) is 22.8 Å². The first-order chi connectivity index (χ1) is 9.49. The van der Waals surface area contributed by atoms with Gasteiger partial charge in [0.05, 0.1) is 10.2 Å². The third-order valence-electron chi connectivity index (χ3n) is 3.22. The molecule has 2 heterocycles. The molecular weight excluding hydrogens is 328 g/mol. The van der Waals surface area contributed by atoms with Crippen molar-refractivity contribution in [2.75, 3.05) is 6.79 Å². The van der Waals surface area contributed by atoms with Gasteiger partial charge in [0.25, 0.3) is 0 Å². The lowest BCUT2D eigenvalue weighted by Crippen LogP contribution is -1.99. The monoisotopic (exact) mass is 338 g/mol. The second kappa shape index (κ2) is 4.52. The van der Waals surface area contributed by atoms with Crippen LogP contribution in [-0.2, 0) is 7.05 Å². The quantitative estimate of drug-likeness (QED) is 0.910. The van der Waals surface area contributed by atoms with Crippen LogP contribution < -0.4 is 9.47 Å². The van der Waals surface area contributed by atoms with Crippen molar-refractivity contribution in [1.82, 2.24) is 9.78 Å². The molecule has 104 valence electrons. The number of benzene rings is 1. The number of rotatable bonds is 2. The van der Waals surface area contributed by atoms with Crippen LogP contribution in [0.1, 0.15) is 16.1 Å². The Morgan fingerprint density at radius 1 is 1.40 bits per heavy atom. The molecule has 1 aliphatic heterocycles. The van der Waals surface area contributed by atoms with Gasteiger partial charge in [-0.25, -0.2) is 4.79 Å². The number of hydrogen-bond acceptors (Lipinski definition) is 4. The summed E-state index contributed by atoms with van der Waals surface area (Å²) in [6, 6.07) is 3.42. The van der Waals surface area contributed by atoms with Crippen LogP contribution in [0, 0.1) is 6.92 Å². The van der Waals surface area contributed by atoms with Gasteiger partial charge in [-0.1, -0.05) is 0 Å². The molecule has 1 aromatic heterocycles. The molecule has 0 amide bonds. The first-order valence-corrected chi connectivity index (χ1v) is 6.64. The van der Waals surface area contributed by atoms with E-state index in [1.165, 1.54) is 0 Å². The number of halogens is 1. The zero-order valence-electron chi connectivity index (χ0n) is 10.8. The lowest BCUT2D eigenvalue weighted by Gasteiger charge is -2.10. The highest BCUT2D eigenvalue weighted by Gasteiger charge is 2.24. The van der Waals surface area contributed by atoms with E-state index in [1.807, 2.05) is 13.0 Å². The minimum atomic E-state index is -1.05. The zero-order chi connectivity index (χ0) is 14.4. The second-order valence-electron chi connectivity index (χ2n) is 4.44. The maximum absolute atomic E-state index is 11.0. The lowest BCUT2D eigenvalue weighted by molar-refractivity contribution is 0.0689. The summed E-state index contributed by atoms with van der Waals surface area (Å²) in [7, 11) is 1.71. The molecule has 1 aromatic carbocycles. The third-order valence-corrected chi connectivity index (χ3v) is 3.81. The molecule has 3 rings (SSSR count). The van der Waals surface area contributed by atoms with E-state index in [0.29, 0.717) is 17.2 Å². The smallest absolute Gasteiger partial charge is 0.356 e. The SMILES string of the molecule is Cc1c(-c2cc(C(=O)O)nn2C)cc(Br)c2c1OCO2. The summed E-state index contributed by atoms with van der Waals surface area (Å²) in [5.41, 5.74) is 2.46. The van der Waals surface area contributed by atoms with Crippen LogP contribution in [0.3, 0.4) is 0 Å². The molecule has 0 fully saturated rings. The molecule has 6 nitrogen and oxygen atoms in total. The Morgan fingerprint density at radius 3 is 2.75 bits per heavy atom. The van der Waals surface area contributed by atoms with Crippen molar-refractivity contribution in [3.63, 3.8) is 0 Å². The standard InChI is InChI=1S/C13H11BrN2O4/c1-6-7(3-8(14)12-11(6)19-5-20-12)10-4-9(13(17)18)15-16(10)2/h3-4H,5H2,1-2H3,(H,17,18). The van der Waals surface area contributed by atoms with E-state index < -0.39 is 5.97 Å². The first-order valence-electron chi connectivity index (χ1n) is 5.85. The number of carbonyl (C=O) groups is 1. The van der Waals surface area contributed by atoms with E-state index in [1.54, 1.807) is 17.8 Å². The van der Waals surface area contributed by atoms with Crippen LogP contribution in [0.5, 0.6) is 11.5 Å². The summed E-state index contributed by atoms with van der Waals surface area (Å²) in [6.07, 6.45) is 0. The zero-order valence-corrected chi connectivity index (χ0v) is 12.4. The number of carboxylic acid groups (broad SMARTS) is 1. The Labute approximate surface area is 123 Å². The Balaban J connectivity index is 2.21. The van der Waals surface area contributed by atoms with Crippen LogP contribution in [0.25, 0.3) is 11.3 Å². The van der Waals surface area contributed by atoms with Gasteiger partial charge in [-0.05, 0) is 35.0 Å². The van der Waals surface area contributed by atoms with Crippen molar-refractivity contribution in [3.05, 3.63) is 27.9 Å². The molecule has 0 spiro atoms. The van der Waals surface area contributed by atoms with E-state index in [0.717, 1.165) is 15.6 Å². The fourth-order valence-corrected chi connectivity index (χ4v) is 2.77. The van der Waals surface area contributed by atoms with Crippen LogP contribution in [0.15, 0.2) is 16.6 Å². The van der Waals surface area contributed by atoms with Crippen molar-refractivity contribution >= 4 is 21.9 Å². The average molecular weight is 339 g/mol. The molecule has 0 unspecified atom stereocenters. The maximum Gasteiger partial charge on any atom is 0.356 e. The van der Waals surface area contributed by atoms with Crippen LogP contribution in [-0.4, -0.2) is 27.6 Å². The summed E-state index contributed by atoms with van der Waals surface area (Å²) in [5.74, 6) is 0.295. The predicted octanol–water partition coefficient (Wildman–Crippen LogP) is 2.58. The molecule has 7 heteroatoms. The van der Waals surface area contributed by atoms with Crippen LogP contribution in [0.4, 0.5) is 0 Å². The van der Waals surface area contributed by atoms with E-state index >= 15 is 0 Å². The minimum Gasteiger partial charge on any atom is -0.476 e. The van der Waals surface area contributed by atoms with Crippen molar-refractivity contribution in [2.45, 2.75) is 6.92 Å². The highest BCUT2D eigenvalue weighted by atomic mass is 79.9. The minimum absolute atomic E-state index is 0.00990. The van der Waals surface area contributed by atoms with Crippen molar-refractivity contribution < 1.29 is 19.4 Å². The van der Waals surface area contributed by atoms with Gasteiger partial charge in [0.1, 0.15) is 0 Å². The lowest BCUT2D eigenvalue weighted by atomic mass is 10.0. The topological polar surface area (TPSA) is 73.6 Å². The number of nitrogens with zero attached hydrogens (tertiary/aromatic N) is 2. The number of fused-ring (bicyclic) bond motifs is 1. The third kappa shape index (κ3) is 1.85. The molecule has 2 aromatic rings. The molecule has 0 saturated heterocycles. The molecule has 0 aliphatic carbocycles. The van der Waals surface area contributed by atoms with Crippen LogP contribution in [0.2, 0.25) is 0 Å². The molecule has 20 heavy (non-hydrogen) atoms. The highest BCUT2D eigenvalue weighted by molar-refractivity contribution is 9.10. The molecule has 1 N–H and O–H groups in total. The first kappa shape index (κ1) is 13.0. The normalized spacial score (nSPS) is 12.8. The highest BCUT2D eigenvalue weighted by Crippen LogP contribution is 2.45. The Hall–Kier alpha value is -2.02. The van der Waals surface area contributed by atoms with Crippen LogP contribution >= 0.6 is 15.9 Å².